The number of imide groups is 1. The van der Waals surface area contributed by atoms with Crippen LogP contribution in [0.15, 0.2) is 30.3 Å². The number of carbonyl (C=O) groups excluding carboxylic acids is 3. The van der Waals surface area contributed by atoms with Crippen LogP contribution in [0.2, 0.25) is 0 Å². The molecule has 24 heavy (non-hydrogen) atoms. The molecule has 1 atom stereocenters. The quantitative estimate of drug-likeness (QED) is 0.559. The van der Waals surface area contributed by atoms with Crippen molar-refractivity contribution in [3.8, 4) is 0 Å². The van der Waals surface area contributed by atoms with E-state index in [1.54, 1.807) is 6.92 Å². The minimum absolute atomic E-state index is 0.159. The van der Waals surface area contributed by atoms with E-state index < -0.39 is 24.0 Å². The minimum atomic E-state index is -1.01. The number of esters is 1. The molecule has 8 heteroatoms. The fourth-order valence-corrected chi connectivity index (χ4v) is 2.12. The first-order valence-corrected chi connectivity index (χ1v) is 7.66. The minimum Gasteiger partial charge on any atom is -0.465 e. The third-order valence-corrected chi connectivity index (χ3v) is 3.32. The second-order valence-electron chi connectivity index (χ2n) is 5.06. The van der Waals surface area contributed by atoms with Gasteiger partial charge in [-0.2, -0.15) is 5.48 Å². The molecule has 0 radical (unpaired) electrons. The molecule has 0 saturated carbocycles. The maximum absolute atomic E-state index is 12.1. The smallest absolute Gasteiger partial charge is 0.416 e. The van der Waals surface area contributed by atoms with Crippen molar-refractivity contribution < 1.29 is 28.7 Å². The Morgan fingerprint density at radius 2 is 2.08 bits per heavy atom. The summed E-state index contributed by atoms with van der Waals surface area (Å²) in [5, 5.41) is 0. The lowest BCUT2D eigenvalue weighted by Gasteiger charge is -2.18. The number of hydrogen-bond acceptors (Lipinski definition) is 7. The molecule has 2 rings (SSSR count). The lowest BCUT2D eigenvalue weighted by atomic mass is 10.2. The van der Waals surface area contributed by atoms with Gasteiger partial charge in [0, 0.05) is 0 Å². The van der Waals surface area contributed by atoms with Crippen molar-refractivity contribution in [2.45, 2.75) is 26.0 Å². The number of nitrogens with one attached hydrogen (secondary N) is 1. The third-order valence-electron chi connectivity index (χ3n) is 3.32. The Bertz CT molecular complexity index is 577. The zero-order valence-corrected chi connectivity index (χ0v) is 13.4. The highest BCUT2D eigenvalue weighted by molar-refractivity contribution is 5.95. The zero-order chi connectivity index (χ0) is 17.4. The predicted molar refractivity (Wildman–Crippen MR) is 82.5 cm³/mol. The molecule has 1 unspecified atom stereocenters. The van der Waals surface area contributed by atoms with E-state index in [9.17, 15) is 14.4 Å². The molecule has 0 aromatic heterocycles. The third kappa shape index (κ3) is 5.04. The maximum atomic E-state index is 12.1. The van der Waals surface area contributed by atoms with Crippen molar-refractivity contribution in [3.63, 3.8) is 0 Å². The van der Waals surface area contributed by atoms with Gasteiger partial charge in [0.15, 0.2) is 0 Å². The molecule has 1 N–H and O–H groups in total. The molecule has 130 valence electrons. The van der Waals surface area contributed by atoms with Gasteiger partial charge >= 0.3 is 12.1 Å². The summed E-state index contributed by atoms with van der Waals surface area (Å²) in [6, 6.07) is 8.34. The molecule has 1 aromatic rings. The average molecular weight is 336 g/mol. The topological polar surface area (TPSA) is 94.2 Å². The van der Waals surface area contributed by atoms with Gasteiger partial charge in [-0.15, -0.1) is 0 Å². The summed E-state index contributed by atoms with van der Waals surface area (Å²) >= 11 is 0. The molecule has 1 heterocycles. The monoisotopic (exact) mass is 336 g/mol. The Balaban J connectivity index is 1.90. The maximum Gasteiger partial charge on any atom is 0.416 e. The summed E-state index contributed by atoms with van der Waals surface area (Å²) in [6.45, 7) is 2.40. The lowest BCUT2D eigenvalue weighted by molar-refractivity contribution is -0.153. The SMILES string of the molecule is CCOC(=O)C(CC(=O)N1CCOC1=O)NOCc1ccccc1. The van der Waals surface area contributed by atoms with E-state index in [-0.39, 0.29) is 32.8 Å². The molecular formula is C16H20N2O6. The van der Waals surface area contributed by atoms with E-state index in [0.717, 1.165) is 10.5 Å². The Hall–Kier alpha value is -2.45. The van der Waals surface area contributed by atoms with Gasteiger partial charge in [0.25, 0.3) is 0 Å². The summed E-state index contributed by atoms with van der Waals surface area (Å²) in [6.07, 6.45) is -0.962. The highest BCUT2D eigenvalue weighted by atomic mass is 16.6. The van der Waals surface area contributed by atoms with Crippen LogP contribution in [0.3, 0.4) is 0 Å². The molecule has 1 saturated heterocycles. The number of nitrogens with zero attached hydrogens (tertiary/aromatic N) is 1. The molecule has 1 aromatic carbocycles. The number of ether oxygens (including phenoxy) is 2. The highest BCUT2D eigenvalue weighted by Gasteiger charge is 2.32. The first-order chi connectivity index (χ1) is 11.6. The Morgan fingerprint density at radius 3 is 2.71 bits per heavy atom. The van der Waals surface area contributed by atoms with Crippen LogP contribution >= 0.6 is 0 Å². The van der Waals surface area contributed by atoms with E-state index in [0.29, 0.717) is 0 Å². The second kappa shape index (κ2) is 8.99. The molecule has 2 amide bonds. The molecule has 0 spiro atoms. The largest absolute Gasteiger partial charge is 0.465 e. The zero-order valence-electron chi connectivity index (χ0n) is 13.4. The van der Waals surface area contributed by atoms with E-state index in [4.69, 9.17) is 14.3 Å². The molecule has 1 aliphatic rings. The summed E-state index contributed by atoms with van der Waals surface area (Å²) in [5.41, 5.74) is 3.45. The summed E-state index contributed by atoms with van der Waals surface area (Å²) in [5.74, 6) is -1.14. The molecule has 8 nitrogen and oxygen atoms in total. The average Bonchev–Trinajstić information content (AvgIpc) is 3.01. The van der Waals surface area contributed by atoms with Crippen molar-refractivity contribution in [2.24, 2.45) is 0 Å². The van der Waals surface area contributed by atoms with Crippen LogP contribution in [-0.2, 0) is 30.5 Å². The number of benzene rings is 1. The normalized spacial score (nSPS) is 15.0. The number of hydroxylamine groups is 1. The molecule has 0 aliphatic carbocycles. The Morgan fingerprint density at radius 1 is 1.33 bits per heavy atom. The Kier molecular flexibility index (Phi) is 6.71. The standard InChI is InChI=1S/C16H20N2O6/c1-2-22-15(20)13(10-14(19)18-8-9-23-16(18)21)17-24-11-12-6-4-3-5-7-12/h3-7,13,17H,2,8-11H2,1H3. The van der Waals surface area contributed by atoms with Gasteiger partial charge in [-0.25, -0.2) is 9.69 Å². The number of cyclic esters (lactones) is 1. The molecule has 0 bridgehead atoms. The fourth-order valence-electron chi connectivity index (χ4n) is 2.12. The Labute approximate surface area is 139 Å². The van der Waals surface area contributed by atoms with Gasteiger partial charge in [-0.1, -0.05) is 30.3 Å². The van der Waals surface area contributed by atoms with Crippen molar-refractivity contribution in [1.29, 1.82) is 0 Å². The van der Waals surface area contributed by atoms with Gasteiger partial charge < -0.3 is 9.47 Å². The van der Waals surface area contributed by atoms with Crippen molar-refractivity contribution >= 4 is 18.0 Å². The lowest BCUT2D eigenvalue weighted by Crippen LogP contribution is -2.43. The van der Waals surface area contributed by atoms with Gasteiger partial charge in [0.2, 0.25) is 5.91 Å². The van der Waals surface area contributed by atoms with Crippen LogP contribution in [0.25, 0.3) is 0 Å². The summed E-state index contributed by atoms with van der Waals surface area (Å²) < 4.78 is 9.64. The van der Waals surface area contributed by atoms with Gasteiger partial charge in [-0.3, -0.25) is 14.4 Å². The fraction of sp³-hybridized carbons (Fsp3) is 0.438. The van der Waals surface area contributed by atoms with Crippen LogP contribution < -0.4 is 5.48 Å². The highest BCUT2D eigenvalue weighted by Crippen LogP contribution is 2.09. The first kappa shape index (κ1) is 17.9. The van der Waals surface area contributed by atoms with Crippen LogP contribution in [0.4, 0.5) is 4.79 Å². The van der Waals surface area contributed by atoms with Gasteiger partial charge in [-0.05, 0) is 12.5 Å². The van der Waals surface area contributed by atoms with Crippen LogP contribution in [0.1, 0.15) is 18.9 Å². The predicted octanol–water partition coefficient (Wildman–Crippen LogP) is 1.01. The van der Waals surface area contributed by atoms with Gasteiger partial charge in [0.05, 0.1) is 26.2 Å². The second-order valence-corrected chi connectivity index (χ2v) is 5.06. The van der Waals surface area contributed by atoms with Gasteiger partial charge in [0.1, 0.15) is 12.6 Å². The van der Waals surface area contributed by atoms with Crippen molar-refractivity contribution in [2.75, 3.05) is 19.8 Å². The van der Waals surface area contributed by atoms with Crippen LogP contribution in [-0.4, -0.2) is 48.7 Å². The number of amides is 2. The van der Waals surface area contributed by atoms with E-state index in [1.165, 1.54) is 0 Å². The number of hydrogen-bond donors (Lipinski definition) is 1. The number of carbonyl (C=O) groups is 3. The first-order valence-electron chi connectivity index (χ1n) is 7.66. The van der Waals surface area contributed by atoms with E-state index >= 15 is 0 Å². The number of rotatable bonds is 8. The van der Waals surface area contributed by atoms with Crippen molar-refractivity contribution in [3.05, 3.63) is 35.9 Å². The van der Waals surface area contributed by atoms with Crippen molar-refractivity contribution in [1.82, 2.24) is 10.4 Å². The van der Waals surface area contributed by atoms with E-state index in [2.05, 4.69) is 5.48 Å². The summed E-state index contributed by atoms with van der Waals surface area (Å²) in [4.78, 5) is 41.8. The molecule has 1 fully saturated rings. The molecular weight excluding hydrogens is 316 g/mol. The summed E-state index contributed by atoms with van der Waals surface area (Å²) in [7, 11) is 0. The van der Waals surface area contributed by atoms with Crippen LogP contribution in [0.5, 0.6) is 0 Å². The van der Waals surface area contributed by atoms with Crippen LogP contribution in [0, 0.1) is 0 Å². The van der Waals surface area contributed by atoms with E-state index in [1.807, 2.05) is 30.3 Å². The molecule has 1 aliphatic heterocycles.